The van der Waals surface area contributed by atoms with Gasteiger partial charge in [0.15, 0.2) is 0 Å². The van der Waals surface area contributed by atoms with Crippen molar-refractivity contribution in [1.29, 1.82) is 0 Å². The number of thiol groups is 1. The molecule has 0 aromatic carbocycles. The molecular formula is C9H15N3OS. The molecule has 0 saturated heterocycles. The molecule has 1 N–H and O–H groups in total. The molecule has 0 aliphatic rings. The van der Waals surface area contributed by atoms with E-state index in [0.29, 0.717) is 12.3 Å². The number of carbonyl (C=O) groups excluding carboxylic acids is 1. The van der Waals surface area contributed by atoms with Gasteiger partial charge < -0.3 is 5.32 Å². The van der Waals surface area contributed by atoms with Crippen LogP contribution in [0, 0.1) is 13.8 Å². The van der Waals surface area contributed by atoms with Crippen molar-refractivity contribution in [3.63, 3.8) is 0 Å². The lowest BCUT2D eigenvalue weighted by molar-refractivity contribution is -0.121. The molecular weight excluding hydrogens is 198 g/mol. The van der Waals surface area contributed by atoms with Gasteiger partial charge in [-0.15, -0.1) is 0 Å². The van der Waals surface area contributed by atoms with E-state index in [-0.39, 0.29) is 12.5 Å². The number of amides is 1. The number of rotatable bonds is 4. The predicted molar refractivity (Wildman–Crippen MR) is 58.6 cm³/mol. The molecule has 78 valence electrons. The zero-order chi connectivity index (χ0) is 10.6. The van der Waals surface area contributed by atoms with Gasteiger partial charge in [-0.2, -0.15) is 17.7 Å². The number of hydrogen-bond acceptors (Lipinski definition) is 3. The van der Waals surface area contributed by atoms with Crippen LogP contribution in [-0.4, -0.2) is 28.0 Å². The van der Waals surface area contributed by atoms with E-state index >= 15 is 0 Å². The predicted octanol–water partition coefficient (Wildman–Crippen LogP) is 0.546. The van der Waals surface area contributed by atoms with Crippen molar-refractivity contribution in [2.75, 3.05) is 12.3 Å². The first-order chi connectivity index (χ1) is 6.63. The van der Waals surface area contributed by atoms with Crippen molar-refractivity contribution in [1.82, 2.24) is 15.1 Å². The summed E-state index contributed by atoms with van der Waals surface area (Å²) < 4.78 is 1.70. The minimum Gasteiger partial charge on any atom is -0.354 e. The second kappa shape index (κ2) is 5.05. The molecule has 14 heavy (non-hydrogen) atoms. The Hall–Kier alpha value is -0.970. The molecule has 5 heteroatoms. The average Bonchev–Trinajstić information content (AvgIpc) is 2.42. The van der Waals surface area contributed by atoms with Crippen molar-refractivity contribution in [2.45, 2.75) is 20.4 Å². The van der Waals surface area contributed by atoms with Gasteiger partial charge >= 0.3 is 0 Å². The van der Waals surface area contributed by atoms with Gasteiger partial charge in [-0.25, -0.2) is 0 Å². The molecule has 0 aliphatic heterocycles. The van der Waals surface area contributed by atoms with Crippen LogP contribution in [0.5, 0.6) is 0 Å². The van der Waals surface area contributed by atoms with Crippen LogP contribution < -0.4 is 5.32 Å². The van der Waals surface area contributed by atoms with Gasteiger partial charge in [-0.3, -0.25) is 9.48 Å². The lowest BCUT2D eigenvalue weighted by atomic mass is 10.4. The Labute approximate surface area is 89.1 Å². The van der Waals surface area contributed by atoms with Crippen molar-refractivity contribution < 1.29 is 4.79 Å². The van der Waals surface area contributed by atoms with Crippen LogP contribution in [0.1, 0.15) is 11.4 Å². The summed E-state index contributed by atoms with van der Waals surface area (Å²) in [5, 5.41) is 6.94. The number of nitrogens with zero attached hydrogens (tertiary/aromatic N) is 2. The molecule has 1 rings (SSSR count). The third-order valence-electron chi connectivity index (χ3n) is 1.83. The largest absolute Gasteiger partial charge is 0.354 e. The molecule has 0 radical (unpaired) electrons. The highest BCUT2D eigenvalue weighted by atomic mass is 32.1. The molecule has 1 aromatic rings. The normalized spacial score (nSPS) is 10.2. The fourth-order valence-corrected chi connectivity index (χ4v) is 1.33. The molecule has 1 aromatic heterocycles. The van der Waals surface area contributed by atoms with Crippen LogP contribution in [0.15, 0.2) is 6.07 Å². The Morgan fingerprint density at radius 1 is 1.64 bits per heavy atom. The first kappa shape index (κ1) is 11.1. The minimum absolute atomic E-state index is 0.0229. The summed E-state index contributed by atoms with van der Waals surface area (Å²) in [6.07, 6.45) is 0. The molecule has 0 unspecified atom stereocenters. The second-order valence-corrected chi connectivity index (χ2v) is 3.61. The van der Waals surface area contributed by atoms with E-state index in [0.717, 1.165) is 11.4 Å². The fraction of sp³-hybridized carbons (Fsp3) is 0.556. The molecule has 0 saturated carbocycles. The summed E-state index contributed by atoms with van der Waals surface area (Å²) in [6.45, 7) is 4.73. The Morgan fingerprint density at radius 2 is 2.36 bits per heavy atom. The summed E-state index contributed by atoms with van der Waals surface area (Å²) in [7, 11) is 0. The van der Waals surface area contributed by atoms with Gasteiger partial charge in [0.1, 0.15) is 6.54 Å². The van der Waals surface area contributed by atoms with Crippen molar-refractivity contribution in [3.8, 4) is 0 Å². The Morgan fingerprint density at radius 3 is 2.86 bits per heavy atom. The standard InChI is InChI=1S/C9H15N3OS/c1-7-5-8(2)12(11-7)6-9(13)10-3-4-14/h5,14H,3-4,6H2,1-2H3,(H,10,13). The maximum atomic E-state index is 11.3. The third kappa shape index (κ3) is 3.06. The van der Waals surface area contributed by atoms with Crippen LogP contribution in [0.2, 0.25) is 0 Å². The van der Waals surface area contributed by atoms with Crippen molar-refractivity contribution in [3.05, 3.63) is 17.5 Å². The average molecular weight is 213 g/mol. The van der Waals surface area contributed by atoms with Gasteiger partial charge in [-0.1, -0.05) is 0 Å². The van der Waals surface area contributed by atoms with E-state index in [1.54, 1.807) is 4.68 Å². The van der Waals surface area contributed by atoms with Crippen LogP contribution in [0.3, 0.4) is 0 Å². The Kier molecular flexibility index (Phi) is 4.00. The molecule has 1 heterocycles. The van der Waals surface area contributed by atoms with E-state index in [1.165, 1.54) is 0 Å². The number of carbonyl (C=O) groups is 1. The molecule has 0 bridgehead atoms. The number of aryl methyl sites for hydroxylation is 2. The summed E-state index contributed by atoms with van der Waals surface area (Å²) in [6, 6.07) is 1.95. The molecule has 0 aliphatic carbocycles. The fourth-order valence-electron chi connectivity index (χ4n) is 1.22. The molecule has 0 spiro atoms. The van der Waals surface area contributed by atoms with Gasteiger partial charge in [0.25, 0.3) is 0 Å². The summed E-state index contributed by atoms with van der Waals surface area (Å²) >= 11 is 4.01. The molecule has 4 nitrogen and oxygen atoms in total. The zero-order valence-electron chi connectivity index (χ0n) is 8.45. The summed E-state index contributed by atoms with van der Waals surface area (Å²) in [5.41, 5.74) is 1.94. The smallest absolute Gasteiger partial charge is 0.241 e. The maximum absolute atomic E-state index is 11.3. The minimum atomic E-state index is -0.0229. The van der Waals surface area contributed by atoms with E-state index < -0.39 is 0 Å². The highest BCUT2D eigenvalue weighted by molar-refractivity contribution is 7.80. The highest BCUT2D eigenvalue weighted by Gasteiger charge is 2.05. The first-order valence-electron chi connectivity index (χ1n) is 4.52. The lowest BCUT2D eigenvalue weighted by Gasteiger charge is -2.04. The molecule has 0 atom stereocenters. The molecule has 1 amide bonds. The van der Waals surface area contributed by atoms with Gasteiger partial charge in [0.05, 0.1) is 5.69 Å². The number of hydrogen-bond donors (Lipinski definition) is 2. The monoisotopic (exact) mass is 213 g/mol. The quantitative estimate of drug-likeness (QED) is 0.717. The third-order valence-corrected chi connectivity index (χ3v) is 2.05. The van der Waals surface area contributed by atoms with Crippen LogP contribution in [0.25, 0.3) is 0 Å². The first-order valence-corrected chi connectivity index (χ1v) is 5.15. The van der Waals surface area contributed by atoms with Gasteiger partial charge in [0, 0.05) is 18.0 Å². The Bertz CT molecular complexity index is 322. The van der Waals surface area contributed by atoms with Crippen LogP contribution in [-0.2, 0) is 11.3 Å². The van der Waals surface area contributed by atoms with Gasteiger partial charge in [-0.05, 0) is 19.9 Å². The van der Waals surface area contributed by atoms with Crippen LogP contribution in [0.4, 0.5) is 0 Å². The Balaban J connectivity index is 2.51. The maximum Gasteiger partial charge on any atom is 0.241 e. The molecule has 0 fully saturated rings. The van der Waals surface area contributed by atoms with Crippen LogP contribution >= 0.6 is 12.6 Å². The van der Waals surface area contributed by atoms with E-state index in [2.05, 4.69) is 23.0 Å². The number of nitrogens with one attached hydrogen (secondary N) is 1. The number of aromatic nitrogens is 2. The van der Waals surface area contributed by atoms with E-state index in [1.807, 2.05) is 19.9 Å². The summed E-state index contributed by atoms with van der Waals surface area (Å²) in [4.78, 5) is 11.3. The van der Waals surface area contributed by atoms with Crippen molar-refractivity contribution >= 4 is 18.5 Å². The zero-order valence-corrected chi connectivity index (χ0v) is 9.34. The second-order valence-electron chi connectivity index (χ2n) is 3.16. The highest BCUT2D eigenvalue weighted by Crippen LogP contribution is 2.00. The SMILES string of the molecule is Cc1cc(C)n(CC(=O)NCCS)n1. The van der Waals surface area contributed by atoms with E-state index in [9.17, 15) is 4.79 Å². The summed E-state index contributed by atoms with van der Waals surface area (Å²) in [5.74, 6) is 0.633. The van der Waals surface area contributed by atoms with Crippen molar-refractivity contribution in [2.24, 2.45) is 0 Å². The lowest BCUT2D eigenvalue weighted by Crippen LogP contribution is -2.29. The topological polar surface area (TPSA) is 46.9 Å². The van der Waals surface area contributed by atoms with Gasteiger partial charge in [0.2, 0.25) is 5.91 Å². The van der Waals surface area contributed by atoms with E-state index in [4.69, 9.17) is 0 Å².